The van der Waals surface area contributed by atoms with E-state index in [1.54, 1.807) is 6.92 Å². The normalized spacial score (nSPS) is 21.9. The van der Waals surface area contributed by atoms with Gasteiger partial charge in [-0.25, -0.2) is 0 Å². The number of β-amino-alcohol motifs (C(OH)–C–C–N with tert-alkyl or cyclic N) is 1. The maximum atomic E-state index is 12.9. The second kappa shape index (κ2) is 9.85. The molecule has 0 unspecified atom stereocenters. The summed E-state index contributed by atoms with van der Waals surface area (Å²) in [6.45, 7) is 4.46. The van der Waals surface area contributed by atoms with Crippen LogP contribution in [-0.2, 0) is 11.6 Å². The minimum Gasteiger partial charge on any atom is -0.493 e. The summed E-state index contributed by atoms with van der Waals surface area (Å²) in [5, 5.41) is 11.9. The van der Waals surface area contributed by atoms with E-state index in [0.29, 0.717) is 29.5 Å². The minimum absolute atomic E-state index is 0.203. The lowest BCUT2D eigenvalue weighted by atomic mass is 9.61. The molecule has 4 rings (SSSR count). The number of alkyl halides is 3. The number of benzene rings is 2. The van der Waals surface area contributed by atoms with Crippen LogP contribution in [-0.4, -0.2) is 42.4 Å². The van der Waals surface area contributed by atoms with Gasteiger partial charge in [-0.2, -0.15) is 13.2 Å². The van der Waals surface area contributed by atoms with Crippen molar-refractivity contribution in [1.29, 1.82) is 0 Å². The van der Waals surface area contributed by atoms with E-state index in [9.17, 15) is 18.3 Å². The van der Waals surface area contributed by atoms with Crippen LogP contribution in [0, 0.1) is 12.8 Å². The number of rotatable bonds is 7. The van der Waals surface area contributed by atoms with Gasteiger partial charge in [0.1, 0.15) is 5.75 Å². The summed E-state index contributed by atoms with van der Waals surface area (Å²) in [6, 6.07) is 11.5. The van der Waals surface area contributed by atoms with E-state index in [1.165, 1.54) is 6.07 Å². The Bertz CT molecular complexity index is 944. The first-order valence-corrected chi connectivity index (χ1v) is 12.0. The van der Waals surface area contributed by atoms with Crippen molar-refractivity contribution in [2.24, 2.45) is 5.92 Å². The average molecular weight is 482 g/mol. The third-order valence-corrected chi connectivity index (χ3v) is 7.57. The molecule has 1 N–H and O–H groups in total. The maximum Gasteiger partial charge on any atom is 0.416 e. The number of likely N-dealkylation sites (tertiary alicyclic amines) is 1. The Morgan fingerprint density at radius 1 is 1.15 bits per heavy atom. The van der Waals surface area contributed by atoms with Gasteiger partial charge in [-0.05, 0) is 80.6 Å². The molecule has 33 heavy (non-hydrogen) atoms. The van der Waals surface area contributed by atoms with Gasteiger partial charge in [-0.15, -0.1) is 0 Å². The second-order valence-electron chi connectivity index (χ2n) is 9.59. The zero-order valence-electron chi connectivity index (χ0n) is 18.9. The van der Waals surface area contributed by atoms with Gasteiger partial charge in [0.15, 0.2) is 0 Å². The molecule has 1 saturated heterocycles. The maximum absolute atomic E-state index is 12.9. The summed E-state index contributed by atoms with van der Waals surface area (Å²) in [4.78, 5) is 2.30. The third kappa shape index (κ3) is 5.50. The minimum atomic E-state index is -4.35. The summed E-state index contributed by atoms with van der Waals surface area (Å²) in [5.41, 5.74) is 0.782. The van der Waals surface area contributed by atoms with Crippen LogP contribution in [0.1, 0.15) is 48.8 Å². The van der Waals surface area contributed by atoms with E-state index in [0.717, 1.165) is 62.9 Å². The number of ether oxygens (including phenoxy) is 1. The van der Waals surface area contributed by atoms with E-state index >= 15 is 0 Å². The SMILES string of the molecule is Cc1cc(C(F)(F)F)ccc1OC[C@H]1CCCN(C[C@@H](O)C2(c3ccc(Cl)cc3)CCC2)C1. The quantitative estimate of drug-likeness (QED) is 0.508. The first-order valence-electron chi connectivity index (χ1n) is 11.6. The summed E-state index contributed by atoms with van der Waals surface area (Å²) >= 11 is 6.05. The van der Waals surface area contributed by atoms with Crippen molar-refractivity contribution in [2.75, 3.05) is 26.2 Å². The summed E-state index contributed by atoms with van der Waals surface area (Å²) in [7, 11) is 0. The van der Waals surface area contributed by atoms with Crippen LogP contribution in [0.5, 0.6) is 5.75 Å². The van der Waals surface area contributed by atoms with Gasteiger partial charge in [0.2, 0.25) is 0 Å². The molecule has 2 aromatic rings. The molecule has 1 heterocycles. The Morgan fingerprint density at radius 2 is 1.88 bits per heavy atom. The number of aliphatic hydroxyl groups is 1. The van der Waals surface area contributed by atoms with Crippen molar-refractivity contribution < 1.29 is 23.0 Å². The van der Waals surface area contributed by atoms with Gasteiger partial charge in [0.25, 0.3) is 0 Å². The fraction of sp³-hybridized carbons (Fsp3) is 0.538. The highest BCUT2D eigenvalue weighted by Gasteiger charge is 2.45. The molecule has 180 valence electrons. The molecule has 0 amide bonds. The van der Waals surface area contributed by atoms with E-state index in [2.05, 4.69) is 4.90 Å². The number of nitrogens with zero attached hydrogens (tertiary/aromatic N) is 1. The predicted molar refractivity (Wildman–Crippen MR) is 124 cm³/mol. The number of aryl methyl sites for hydroxylation is 1. The fourth-order valence-corrected chi connectivity index (χ4v) is 5.35. The molecule has 1 saturated carbocycles. The molecule has 1 aliphatic heterocycles. The lowest BCUT2D eigenvalue weighted by Crippen LogP contribution is -2.52. The van der Waals surface area contributed by atoms with E-state index in [-0.39, 0.29) is 11.3 Å². The molecule has 2 aliphatic rings. The topological polar surface area (TPSA) is 32.7 Å². The molecule has 0 aromatic heterocycles. The van der Waals surface area contributed by atoms with Gasteiger partial charge >= 0.3 is 6.18 Å². The Hall–Kier alpha value is -1.76. The van der Waals surface area contributed by atoms with E-state index in [1.807, 2.05) is 24.3 Å². The van der Waals surface area contributed by atoms with Crippen molar-refractivity contribution in [3.8, 4) is 5.75 Å². The molecular formula is C26H31ClF3NO2. The summed E-state index contributed by atoms with van der Waals surface area (Å²) in [6.07, 6.45) is 0.284. The largest absolute Gasteiger partial charge is 0.493 e. The molecular weight excluding hydrogens is 451 g/mol. The molecule has 0 spiro atoms. The highest BCUT2D eigenvalue weighted by molar-refractivity contribution is 6.30. The van der Waals surface area contributed by atoms with Gasteiger partial charge in [0.05, 0.1) is 18.3 Å². The number of hydrogen-bond acceptors (Lipinski definition) is 3. The standard InChI is InChI=1S/C26H31ClF3NO2/c1-18-14-21(26(28,29)30)7-10-23(18)33-17-19-4-2-13-31(15-19)16-24(32)25(11-3-12-25)20-5-8-22(27)9-6-20/h5-10,14,19,24,32H,2-4,11-13,15-17H2,1H3/t19-,24+/m0/s1. The van der Waals surface area contributed by atoms with Gasteiger partial charge < -0.3 is 14.7 Å². The zero-order valence-corrected chi connectivity index (χ0v) is 19.6. The molecule has 0 bridgehead atoms. The molecule has 2 fully saturated rings. The van der Waals surface area contributed by atoms with E-state index < -0.39 is 17.8 Å². The van der Waals surface area contributed by atoms with Crippen LogP contribution in [0.2, 0.25) is 5.02 Å². The molecule has 1 aliphatic carbocycles. The Balaban J connectivity index is 1.34. The number of aliphatic hydroxyl groups excluding tert-OH is 1. The van der Waals surface area contributed by atoms with Gasteiger partial charge in [0, 0.05) is 29.4 Å². The van der Waals surface area contributed by atoms with Crippen molar-refractivity contribution in [3.63, 3.8) is 0 Å². The van der Waals surface area contributed by atoms with Crippen LogP contribution < -0.4 is 4.74 Å². The van der Waals surface area contributed by atoms with E-state index in [4.69, 9.17) is 16.3 Å². The lowest BCUT2D eigenvalue weighted by molar-refractivity contribution is -0.137. The molecule has 7 heteroatoms. The highest BCUT2D eigenvalue weighted by Crippen LogP contribution is 2.47. The lowest BCUT2D eigenvalue weighted by Gasteiger charge is -2.48. The van der Waals surface area contributed by atoms with Crippen LogP contribution in [0.4, 0.5) is 13.2 Å². The number of halogens is 4. The summed E-state index contributed by atoms with van der Waals surface area (Å²) < 4.78 is 44.6. The van der Waals surface area contributed by atoms with Crippen LogP contribution >= 0.6 is 11.6 Å². The van der Waals surface area contributed by atoms with Crippen LogP contribution in [0.25, 0.3) is 0 Å². The first-order chi connectivity index (χ1) is 15.7. The second-order valence-corrected chi connectivity index (χ2v) is 10.0. The van der Waals surface area contributed by atoms with Crippen molar-refractivity contribution in [1.82, 2.24) is 4.90 Å². The van der Waals surface area contributed by atoms with Crippen molar-refractivity contribution >= 4 is 11.6 Å². The Kier molecular flexibility index (Phi) is 7.27. The molecule has 2 atom stereocenters. The highest BCUT2D eigenvalue weighted by atomic mass is 35.5. The van der Waals surface area contributed by atoms with Gasteiger partial charge in [-0.3, -0.25) is 0 Å². The Morgan fingerprint density at radius 3 is 2.48 bits per heavy atom. The third-order valence-electron chi connectivity index (χ3n) is 7.31. The van der Waals surface area contributed by atoms with Crippen molar-refractivity contribution in [2.45, 2.75) is 56.7 Å². The first kappa shape index (κ1) is 24.4. The zero-order chi connectivity index (χ0) is 23.6. The van der Waals surface area contributed by atoms with Crippen molar-refractivity contribution in [3.05, 3.63) is 64.2 Å². The van der Waals surface area contributed by atoms with Gasteiger partial charge in [-0.1, -0.05) is 30.2 Å². The number of hydrogen-bond donors (Lipinski definition) is 1. The predicted octanol–water partition coefficient (Wildman–Crippen LogP) is 6.24. The Labute approximate surface area is 198 Å². The average Bonchev–Trinajstić information content (AvgIpc) is 2.73. The monoisotopic (exact) mass is 481 g/mol. The van der Waals surface area contributed by atoms with Crippen LogP contribution in [0.15, 0.2) is 42.5 Å². The molecule has 2 aromatic carbocycles. The molecule has 3 nitrogen and oxygen atoms in total. The smallest absolute Gasteiger partial charge is 0.416 e. The fourth-order valence-electron chi connectivity index (χ4n) is 5.22. The molecule has 0 radical (unpaired) electrons. The number of piperidine rings is 1. The van der Waals surface area contributed by atoms with Crippen LogP contribution in [0.3, 0.4) is 0 Å². The summed E-state index contributed by atoms with van der Waals surface area (Å²) in [5.74, 6) is 0.775.